The lowest BCUT2D eigenvalue weighted by Crippen LogP contribution is -2.35. The number of sulfonamides is 1. The van der Waals surface area contributed by atoms with E-state index in [2.05, 4.69) is 21.2 Å². The maximum Gasteiger partial charge on any atom is 0.407 e. The standard InChI is InChI=1S/C25H35BrN2O7S/c1-19-6-11-22(32-5)23(18-19)36(30,31)28(21-9-7-20(26)8-10-21)13-15-34-17-16-33-14-12-27-24(29)35-25(2,3)4/h6-11,18H,12-17H2,1-5H3,(H,27,29). The van der Waals surface area contributed by atoms with Crippen LogP contribution in [-0.2, 0) is 24.2 Å². The second kappa shape index (κ2) is 13.8. The van der Waals surface area contributed by atoms with E-state index in [0.717, 1.165) is 10.0 Å². The Morgan fingerprint density at radius 2 is 1.64 bits per heavy atom. The van der Waals surface area contributed by atoms with Gasteiger partial charge in [-0.15, -0.1) is 0 Å². The number of ether oxygens (including phenoxy) is 4. The molecule has 2 rings (SSSR count). The number of aryl methyl sites for hydroxylation is 1. The lowest BCUT2D eigenvalue weighted by Gasteiger charge is -2.25. The van der Waals surface area contributed by atoms with Crippen molar-refractivity contribution in [1.82, 2.24) is 5.32 Å². The molecule has 0 spiro atoms. The van der Waals surface area contributed by atoms with Crippen molar-refractivity contribution in [3.63, 3.8) is 0 Å². The molecular weight excluding hydrogens is 552 g/mol. The van der Waals surface area contributed by atoms with Gasteiger partial charge < -0.3 is 24.3 Å². The van der Waals surface area contributed by atoms with Gasteiger partial charge in [0, 0.05) is 11.0 Å². The quantitative estimate of drug-likeness (QED) is 0.344. The van der Waals surface area contributed by atoms with Crippen molar-refractivity contribution < 1.29 is 32.2 Å². The summed E-state index contributed by atoms with van der Waals surface area (Å²) < 4.78 is 51.0. The molecular formula is C25H35BrN2O7S. The van der Waals surface area contributed by atoms with Gasteiger partial charge in [0.05, 0.1) is 45.8 Å². The molecule has 0 atom stereocenters. The zero-order chi connectivity index (χ0) is 26.8. The Morgan fingerprint density at radius 3 is 2.25 bits per heavy atom. The third-order valence-electron chi connectivity index (χ3n) is 4.73. The molecule has 11 heteroatoms. The molecule has 0 bridgehead atoms. The van der Waals surface area contributed by atoms with E-state index < -0.39 is 21.7 Å². The number of nitrogens with one attached hydrogen (secondary N) is 1. The molecule has 1 N–H and O–H groups in total. The minimum absolute atomic E-state index is 0.0914. The largest absolute Gasteiger partial charge is 0.495 e. The summed E-state index contributed by atoms with van der Waals surface area (Å²) in [7, 11) is -2.48. The van der Waals surface area contributed by atoms with Crippen LogP contribution in [0.15, 0.2) is 51.8 Å². The molecule has 0 aliphatic heterocycles. The van der Waals surface area contributed by atoms with Crippen molar-refractivity contribution in [2.75, 3.05) is 50.9 Å². The minimum Gasteiger partial charge on any atom is -0.495 e. The first-order valence-corrected chi connectivity index (χ1v) is 13.7. The summed E-state index contributed by atoms with van der Waals surface area (Å²) in [4.78, 5) is 11.7. The van der Waals surface area contributed by atoms with E-state index >= 15 is 0 Å². The van der Waals surface area contributed by atoms with E-state index in [9.17, 15) is 13.2 Å². The molecule has 0 saturated heterocycles. The van der Waals surface area contributed by atoms with Crippen molar-refractivity contribution in [3.05, 3.63) is 52.5 Å². The molecule has 0 fully saturated rings. The molecule has 9 nitrogen and oxygen atoms in total. The van der Waals surface area contributed by atoms with Crippen LogP contribution >= 0.6 is 15.9 Å². The molecule has 0 aromatic heterocycles. The van der Waals surface area contributed by atoms with Gasteiger partial charge in [0.1, 0.15) is 16.2 Å². The first-order chi connectivity index (χ1) is 16.9. The monoisotopic (exact) mass is 586 g/mol. The van der Waals surface area contributed by atoms with E-state index in [1.807, 2.05) is 6.92 Å². The number of carbonyl (C=O) groups is 1. The fourth-order valence-corrected chi connectivity index (χ4v) is 5.06. The number of carbonyl (C=O) groups excluding carboxylic acids is 1. The summed E-state index contributed by atoms with van der Waals surface area (Å²) in [5.74, 6) is 0.275. The SMILES string of the molecule is COc1ccc(C)cc1S(=O)(=O)N(CCOCCOCCNC(=O)OC(C)(C)C)c1ccc(Br)cc1. The number of methoxy groups -OCH3 is 1. The lowest BCUT2D eigenvalue weighted by atomic mass is 10.2. The summed E-state index contributed by atoms with van der Waals surface area (Å²) >= 11 is 3.39. The number of benzene rings is 2. The Kier molecular flexibility index (Phi) is 11.5. The van der Waals surface area contributed by atoms with Crippen molar-refractivity contribution >= 4 is 37.7 Å². The van der Waals surface area contributed by atoms with Crippen molar-refractivity contribution in [3.8, 4) is 5.75 Å². The first-order valence-electron chi connectivity index (χ1n) is 11.5. The summed E-state index contributed by atoms with van der Waals surface area (Å²) in [6, 6.07) is 12.1. The van der Waals surface area contributed by atoms with E-state index in [-0.39, 0.29) is 30.4 Å². The predicted octanol–water partition coefficient (Wildman–Crippen LogP) is 4.52. The van der Waals surface area contributed by atoms with E-state index in [4.69, 9.17) is 18.9 Å². The van der Waals surface area contributed by atoms with Crippen molar-refractivity contribution in [1.29, 1.82) is 0 Å². The zero-order valence-corrected chi connectivity index (χ0v) is 23.8. The number of hydrogen-bond donors (Lipinski definition) is 1. The molecule has 36 heavy (non-hydrogen) atoms. The van der Waals surface area contributed by atoms with Crippen LogP contribution in [0.2, 0.25) is 0 Å². The van der Waals surface area contributed by atoms with Gasteiger partial charge >= 0.3 is 6.09 Å². The van der Waals surface area contributed by atoms with Gasteiger partial charge in [-0.1, -0.05) is 22.0 Å². The molecule has 0 unspecified atom stereocenters. The second-order valence-corrected chi connectivity index (χ2v) is 11.6. The summed E-state index contributed by atoms with van der Waals surface area (Å²) in [6.07, 6.45) is -0.498. The highest BCUT2D eigenvalue weighted by molar-refractivity contribution is 9.10. The third kappa shape index (κ3) is 9.61. The predicted molar refractivity (Wildman–Crippen MR) is 142 cm³/mol. The maximum absolute atomic E-state index is 13.6. The topological polar surface area (TPSA) is 103 Å². The van der Waals surface area contributed by atoms with Gasteiger partial charge in [-0.2, -0.15) is 0 Å². The Hall–Kier alpha value is -2.34. The fourth-order valence-electron chi connectivity index (χ4n) is 3.11. The van der Waals surface area contributed by atoms with Crippen LogP contribution in [0, 0.1) is 6.92 Å². The van der Waals surface area contributed by atoms with Gasteiger partial charge in [-0.3, -0.25) is 4.31 Å². The number of rotatable bonds is 13. The first kappa shape index (κ1) is 29.9. The van der Waals surface area contributed by atoms with Crippen LogP contribution in [0.4, 0.5) is 10.5 Å². The fraction of sp³-hybridized carbons (Fsp3) is 0.480. The third-order valence-corrected chi connectivity index (χ3v) is 7.10. The van der Waals surface area contributed by atoms with Crippen LogP contribution in [0.5, 0.6) is 5.75 Å². The summed E-state index contributed by atoms with van der Waals surface area (Å²) in [5.41, 5.74) is 0.760. The average molecular weight is 588 g/mol. The van der Waals surface area contributed by atoms with Crippen molar-refractivity contribution in [2.45, 2.75) is 38.2 Å². The molecule has 1 amide bonds. The lowest BCUT2D eigenvalue weighted by molar-refractivity contribution is 0.0412. The molecule has 0 aliphatic rings. The number of amides is 1. The number of nitrogens with zero attached hydrogens (tertiary/aromatic N) is 1. The minimum atomic E-state index is -3.93. The molecule has 0 aliphatic carbocycles. The van der Waals surface area contributed by atoms with Gasteiger partial charge in [0.15, 0.2) is 0 Å². The maximum atomic E-state index is 13.6. The van der Waals surface area contributed by atoms with Crippen LogP contribution in [0.1, 0.15) is 26.3 Å². The Labute approximate surface area is 222 Å². The van der Waals surface area contributed by atoms with Gasteiger partial charge in [-0.05, 0) is 69.7 Å². The van der Waals surface area contributed by atoms with Crippen LogP contribution in [-0.4, -0.2) is 66.7 Å². The zero-order valence-electron chi connectivity index (χ0n) is 21.4. The van der Waals surface area contributed by atoms with Crippen LogP contribution in [0.3, 0.4) is 0 Å². The summed E-state index contributed by atoms with van der Waals surface area (Å²) in [6.45, 7) is 8.64. The highest BCUT2D eigenvalue weighted by Crippen LogP contribution is 2.31. The molecule has 200 valence electrons. The normalized spacial score (nSPS) is 11.7. The Bertz CT molecular complexity index is 1090. The molecule has 0 radical (unpaired) electrons. The molecule has 2 aromatic rings. The molecule has 0 saturated carbocycles. The Balaban J connectivity index is 1.92. The summed E-state index contributed by atoms with van der Waals surface area (Å²) in [5, 5.41) is 2.61. The molecule has 0 heterocycles. The molecule has 2 aromatic carbocycles. The van der Waals surface area contributed by atoms with Gasteiger partial charge in [-0.25, -0.2) is 13.2 Å². The van der Waals surface area contributed by atoms with Crippen molar-refractivity contribution in [2.24, 2.45) is 0 Å². The highest BCUT2D eigenvalue weighted by Gasteiger charge is 2.28. The Morgan fingerprint density at radius 1 is 1.00 bits per heavy atom. The van der Waals surface area contributed by atoms with Crippen LogP contribution in [0.25, 0.3) is 0 Å². The van der Waals surface area contributed by atoms with Gasteiger partial charge in [0.25, 0.3) is 10.0 Å². The highest BCUT2D eigenvalue weighted by atomic mass is 79.9. The van der Waals surface area contributed by atoms with E-state index in [1.165, 1.54) is 11.4 Å². The number of alkyl carbamates (subject to hydrolysis) is 1. The number of halogens is 1. The van der Waals surface area contributed by atoms with E-state index in [0.29, 0.717) is 25.4 Å². The smallest absolute Gasteiger partial charge is 0.407 e. The number of anilines is 1. The average Bonchev–Trinajstić information content (AvgIpc) is 2.80. The second-order valence-electron chi connectivity index (χ2n) is 8.86. The van der Waals surface area contributed by atoms with E-state index in [1.54, 1.807) is 63.2 Å². The van der Waals surface area contributed by atoms with Crippen LogP contribution < -0.4 is 14.4 Å². The van der Waals surface area contributed by atoms with Gasteiger partial charge in [0.2, 0.25) is 0 Å². The number of hydrogen-bond acceptors (Lipinski definition) is 7.